The molecule has 5 heteroatoms. The quantitative estimate of drug-likeness (QED) is 0.847. The summed E-state index contributed by atoms with van der Waals surface area (Å²) in [5.41, 5.74) is 0.425. The minimum Gasteiger partial charge on any atom is -0.481 e. The van der Waals surface area contributed by atoms with Crippen LogP contribution in [0.15, 0.2) is 41.7 Å². The van der Waals surface area contributed by atoms with Crippen LogP contribution in [0.5, 0.6) is 0 Å². The van der Waals surface area contributed by atoms with Crippen molar-refractivity contribution >= 4 is 16.9 Å². The van der Waals surface area contributed by atoms with E-state index in [-0.39, 0.29) is 24.4 Å². The third-order valence-corrected chi connectivity index (χ3v) is 3.19. The van der Waals surface area contributed by atoms with Crippen LogP contribution in [0, 0.1) is 0 Å². The van der Waals surface area contributed by atoms with Crippen molar-refractivity contribution in [3.63, 3.8) is 0 Å². The summed E-state index contributed by atoms with van der Waals surface area (Å²) < 4.78 is 1.51. The monoisotopic (exact) mass is 272 g/mol. The molecular formula is C15H16N2O3. The second kappa shape index (κ2) is 5.69. The van der Waals surface area contributed by atoms with E-state index >= 15 is 0 Å². The molecule has 2 rings (SSSR count). The Hall–Kier alpha value is -2.43. The number of carboxylic acids is 1. The summed E-state index contributed by atoms with van der Waals surface area (Å²) in [5, 5.41) is 9.34. The molecular weight excluding hydrogens is 256 g/mol. The summed E-state index contributed by atoms with van der Waals surface area (Å²) in [7, 11) is 0. The fourth-order valence-electron chi connectivity index (χ4n) is 2.11. The maximum absolute atomic E-state index is 12.5. The summed E-state index contributed by atoms with van der Waals surface area (Å²) >= 11 is 0. The van der Waals surface area contributed by atoms with Gasteiger partial charge in [0.05, 0.1) is 23.4 Å². The number of hydrogen-bond donors (Lipinski definition) is 1. The number of rotatable bonds is 5. The molecule has 0 aliphatic heterocycles. The van der Waals surface area contributed by atoms with Crippen molar-refractivity contribution in [1.82, 2.24) is 9.55 Å². The lowest BCUT2D eigenvalue weighted by Gasteiger charge is -2.16. The van der Waals surface area contributed by atoms with Gasteiger partial charge in [0.15, 0.2) is 0 Å². The van der Waals surface area contributed by atoms with Crippen molar-refractivity contribution in [2.24, 2.45) is 0 Å². The van der Waals surface area contributed by atoms with E-state index in [1.807, 2.05) is 6.92 Å². The van der Waals surface area contributed by atoms with Crippen LogP contribution in [0.3, 0.4) is 0 Å². The average molecular weight is 272 g/mol. The van der Waals surface area contributed by atoms with Crippen molar-refractivity contribution in [3.8, 4) is 0 Å². The Morgan fingerprint density at radius 2 is 2.20 bits per heavy atom. The van der Waals surface area contributed by atoms with Gasteiger partial charge < -0.3 is 5.11 Å². The van der Waals surface area contributed by atoms with Crippen LogP contribution in [-0.2, 0) is 11.2 Å². The number of hydrogen-bond acceptors (Lipinski definition) is 3. The molecule has 1 N–H and O–H groups in total. The van der Waals surface area contributed by atoms with Crippen LogP contribution in [0.25, 0.3) is 10.9 Å². The number of para-hydroxylation sites is 1. The molecule has 0 fully saturated rings. The smallest absolute Gasteiger partial charge is 0.303 e. The zero-order chi connectivity index (χ0) is 14.7. The molecule has 0 saturated carbocycles. The Kier molecular flexibility index (Phi) is 3.98. The summed E-state index contributed by atoms with van der Waals surface area (Å²) in [6, 6.07) is 6.83. The molecule has 0 radical (unpaired) electrons. The first kappa shape index (κ1) is 14.0. The van der Waals surface area contributed by atoms with Crippen LogP contribution in [0.2, 0.25) is 0 Å². The Morgan fingerprint density at radius 1 is 1.50 bits per heavy atom. The van der Waals surface area contributed by atoms with Crippen LogP contribution in [0.1, 0.15) is 25.2 Å². The van der Waals surface area contributed by atoms with Crippen LogP contribution < -0.4 is 5.56 Å². The molecule has 1 atom stereocenters. The standard InChI is InChI=1S/C15H16N2O3/c1-3-10(2)17-13(8-9-14(18)19)16-12-7-5-4-6-11(12)15(17)20/h3-7,10H,1,8-9H2,2H3,(H,18,19). The number of aryl methyl sites for hydroxylation is 1. The number of carboxylic acid groups (broad SMARTS) is 1. The molecule has 2 aromatic rings. The fraction of sp³-hybridized carbons (Fsp3) is 0.267. The van der Waals surface area contributed by atoms with Gasteiger partial charge in [-0.05, 0) is 19.1 Å². The molecule has 0 aliphatic carbocycles. The second-order valence-corrected chi connectivity index (χ2v) is 4.59. The Morgan fingerprint density at radius 3 is 2.85 bits per heavy atom. The van der Waals surface area contributed by atoms with Crippen molar-refractivity contribution < 1.29 is 9.90 Å². The maximum atomic E-state index is 12.5. The highest BCUT2D eigenvalue weighted by Crippen LogP contribution is 2.14. The molecule has 5 nitrogen and oxygen atoms in total. The number of allylic oxidation sites excluding steroid dienone is 1. The van der Waals surface area contributed by atoms with Crippen molar-refractivity contribution in [2.45, 2.75) is 25.8 Å². The normalized spacial score (nSPS) is 12.2. The van der Waals surface area contributed by atoms with Gasteiger partial charge in [-0.25, -0.2) is 4.98 Å². The van der Waals surface area contributed by atoms with Gasteiger partial charge in [-0.15, -0.1) is 6.58 Å². The summed E-state index contributed by atoms with van der Waals surface area (Å²) in [6.45, 7) is 5.52. The molecule has 1 heterocycles. The third-order valence-electron chi connectivity index (χ3n) is 3.19. The van der Waals surface area contributed by atoms with Crippen molar-refractivity contribution in [1.29, 1.82) is 0 Å². The highest BCUT2D eigenvalue weighted by molar-refractivity contribution is 5.77. The molecule has 20 heavy (non-hydrogen) atoms. The minimum atomic E-state index is -0.912. The molecule has 1 aromatic carbocycles. The zero-order valence-corrected chi connectivity index (χ0v) is 11.2. The van der Waals surface area contributed by atoms with Gasteiger partial charge in [-0.1, -0.05) is 18.2 Å². The number of nitrogens with zero attached hydrogens (tertiary/aromatic N) is 2. The SMILES string of the molecule is C=CC(C)n1c(CCC(=O)O)nc2ccccc2c1=O. The highest BCUT2D eigenvalue weighted by atomic mass is 16.4. The van der Waals surface area contributed by atoms with E-state index in [0.717, 1.165) is 0 Å². The van der Waals surface area contributed by atoms with Gasteiger partial charge in [-0.2, -0.15) is 0 Å². The van der Waals surface area contributed by atoms with E-state index in [1.165, 1.54) is 4.57 Å². The lowest BCUT2D eigenvalue weighted by atomic mass is 10.2. The Balaban J connectivity index is 2.66. The zero-order valence-electron chi connectivity index (χ0n) is 11.2. The van der Waals surface area contributed by atoms with Gasteiger partial charge >= 0.3 is 5.97 Å². The topological polar surface area (TPSA) is 72.2 Å². The molecule has 0 amide bonds. The van der Waals surface area contributed by atoms with E-state index in [2.05, 4.69) is 11.6 Å². The maximum Gasteiger partial charge on any atom is 0.303 e. The van der Waals surface area contributed by atoms with Crippen molar-refractivity contribution in [2.75, 3.05) is 0 Å². The Labute approximate surface area is 116 Å². The first-order valence-corrected chi connectivity index (χ1v) is 6.39. The van der Waals surface area contributed by atoms with E-state index in [4.69, 9.17) is 5.11 Å². The van der Waals surface area contributed by atoms with E-state index in [9.17, 15) is 9.59 Å². The van der Waals surface area contributed by atoms with Gasteiger partial charge in [0, 0.05) is 6.42 Å². The summed E-state index contributed by atoms with van der Waals surface area (Å²) in [6.07, 6.45) is 1.80. The lowest BCUT2D eigenvalue weighted by Crippen LogP contribution is -2.27. The molecule has 0 spiro atoms. The summed E-state index contributed by atoms with van der Waals surface area (Å²) in [4.78, 5) is 27.7. The van der Waals surface area contributed by atoms with E-state index < -0.39 is 5.97 Å². The van der Waals surface area contributed by atoms with Crippen LogP contribution >= 0.6 is 0 Å². The lowest BCUT2D eigenvalue weighted by molar-refractivity contribution is -0.137. The second-order valence-electron chi connectivity index (χ2n) is 4.59. The average Bonchev–Trinajstić information content (AvgIpc) is 2.44. The van der Waals surface area contributed by atoms with Gasteiger partial charge in [0.2, 0.25) is 0 Å². The van der Waals surface area contributed by atoms with Gasteiger partial charge in [0.25, 0.3) is 5.56 Å². The number of carbonyl (C=O) groups is 1. The predicted molar refractivity (Wildman–Crippen MR) is 76.9 cm³/mol. The number of fused-ring (bicyclic) bond motifs is 1. The third kappa shape index (κ3) is 2.61. The Bertz CT molecular complexity index is 719. The minimum absolute atomic E-state index is 0.0609. The van der Waals surface area contributed by atoms with E-state index in [1.54, 1.807) is 30.3 Å². The first-order valence-electron chi connectivity index (χ1n) is 6.39. The van der Waals surface area contributed by atoms with E-state index in [0.29, 0.717) is 16.7 Å². The number of benzene rings is 1. The highest BCUT2D eigenvalue weighted by Gasteiger charge is 2.14. The fourth-order valence-corrected chi connectivity index (χ4v) is 2.11. The summed E-state index contributed by atoms with van der Waals surface area (Å²) in [5.74, 6) is -0.436. The molecule has 0 bridgehead atoms. The molecule has 0 saturated heterocycles. The molecule has 104 valence electrons. The van der Waals surface area contributed by atoms with Gasteiger partial charge in [0.1, 0.15) is 5.82 Å². The van der Waals surface area contributed by atoms with Crippen LogP contribution in [0.4, 0.5) is 0 Å². The largest absolute Gasteiger partial charge is 0.481 e. The van der Waals surface area contributed by atoms with Crippen molar-refractivity contribution in [3.05, 3.63) is 53.1 Å². The number of aromatic nitrogens is 2. The molecule has 1 aromatic heterocycles. The number of aliphatic carboxylic acids is 1. The predicted octanol–water partition coefficient (Wildman–Crippen LogP) is 2.16. The first-order chi connectivity index (χ1) is 9.54. The molecule has 0 aliphatic rings. The molecule has 1 unspecified atom stereocenters. The van der Waals surface area contributed by atoms with Crippen LogP contribution in [-0.4, -0.2) is 20.6 Å². The van der Waals surface area contributed by atoms with Gasteiger partial charge in [-0.3, -0.25) is 14.2 Å².